The molecule has 1 aliphatic heterocycles. The number of ether oxygens (including phenoxy) is 1. The van der Waals surface area contributed by atoms with Crippen LogP contribution in [0.5, 0.6) is 0 Å². The Labute approximate surface area is 108 Å². The summed E-state index contributed by atoms with van der Waals surface area (Å²) in [4.78, 5) is 11.9. The van der Waals surface area contributed by atoms with Crippen LogP contribution in [0.4, 0.5) is 0 Å². The molecule has 18 heavy (non-hydrogen) atoms. The van der Waals surface area contributed by atoms with Gasteiger partial charge in [0.05, 0.1) is 12.2 Å². The molecule has 2 nitrogen and oxygen atoms in total. The van der Waals surface area contributed by atoms with Gasteiger partial charge >= 0.3 is 0 Å². The van der Waals surface area contributed by atoms with Crippen molar-refractivity contribution in [1.29, 1.82) is 0 Å². The molecule has 96 valence electrons. The van der Waals surface area contributed by atoms with E-state index in [1.165, 1.54) is 11.1 Å². The number of fused-ring (bicyclic) bond motifs is 1. The topological polar surface area (TPSA) is 26.3 Å². The summed E-state index contributed by atoms with van der Waals surface area (Å²) >= 11 is 0. The van der Waals surface area contributed by atoms with E-state index in [2.05, 4.69) is 38.1 Å². The fraction of sp³-hybridized carbons (Fsp3) is 0.562. The molecule has 0 N–H and O–H groups in total. The monoisotopic (exact) mass is 244 g/mol. The van der Waals surface area contributed by atoms with Gasteiger partial charge in [-0.3, -0.25) is 4.79 Å². The minimum Gasteiger partial charge on any atom is -0.370 e. The summed E-state index contributed by atoms with van der Waals surface area (Å²) < 4.78 is 6.16. The zero-order valence-corrected chi connectivity index (χ0v) is 11.2. The van der Waals surface area contributed by atoms with Crippen molar-refractivity contribution in [2.75, 3.05) is 0 Å². The molecule has 0 amide bonds. The Kier molecular flexibility index (Phi) is 2.60. The third-order valence-corrected chi connectivity index (χ3v) is 4.49. The molecule has 1 unspecified atom stereocenters. The summed E-state index contributed by atoms with van der Waals surface area (Å²) in [5, 5.41) is 0. The standard InChI is InChI=1S/C16H20O2/c1-15(2)11-16(8-7-14(15)17)9-12-5-3-4-6-13(12)10-18-16/h3-6H,7-11H2,1-2H3. The van der Waals surface area contributed by atoms with Crippen molar-refractivity contribution in [2.45, 2.75) is 51.7 Å². The van der Waals surface area contributed by atoms with Gasteiger partial charge in [-0.15, -0.1) is 0 Å². The molecule has 1 saturated carbocycles. The van der Waals surface area contributed by atoms with Gasteiger partial charge in [0, 0.05) is 18.3 Å². The minimum atomic E-state index is -0.232. The molecule has 2 aliphatic rings. The van der Waals surface area contributed by atoms with E-state index in [9.17, 15) is 4.79 Å². The predicted octanol–water partition coefficient (Wildman–Crippen LogP) is 3.28. The molecular formula is C16H20O2. The number of hydrogen-bond donors (Lipinski definition) is 0. The van der Waals surface area contributed by atoms with E-state index < -0.39 is 0 Å². The first-order valence-electron chi connectivity index (χ1n) is 6.75. The van der Waals surface area contributed by atoms with Crippen LogP contribution < -0.4 is 0 Å². The maximum absolute atomic E-state index is 11.9. The molecular weight excluding hydrogens is 224 g/mol. The average Bonchev–Trinajstić information content (AvgIpc) is 2.34. The van der Waals surface area contributed by atoms with Crippen LogP contribution in [0, 0.1) is 5.41 Å². The van der Waals surface area contributed by atoms with E-state index in [-0.39, 0.29) is 11.0 Å². The van der Waals surface area contributed by atoms with Gasteiger partial charge in [-0.1, -0.05) is 38.1 Å². The Morgan fingerprint density at radius 3 is 2.61 bits per heavy atom. The first-order valence-corrected chi connectivity index (χ1v) is 6.75. The molecule has 1 fully saturated rings. The van der Waals surface area contributed by atoms with Crippen LogP contribution in [-0.2, 0) is 22.6 Å². The second kappa shape index (κ2) is 3.92. The van der Waals surface area contributed by atoms with Crippen LogP contribution in [0.25, 0.3) is 0 Å². The molecule has 0 radical (unpaired) electrons. The zero-order valence-electron chi connectivity index (χ0n) is 11.2. The summed E-state index contributed by atoms with van der Waals surface area (Å²) in [5.41, 5.74) is 2.36. The Hall–Kier alpha value is -1.15. The van der Waals surface area contributed by atoms with Crippen molar-refractivity contribution in [1.82, 2.24) is 0 Å². The lowest BCUT2D eigenvalue weighted by Crippen LogP contribution is -2.48. The van der Waals surface area contributed by atoms with E-state index in [4.69, 9.17) is 4.74 Å². The van der Waals surface area contributed by atoms with Crippen molar-refractivity contribution in [3.63, 3.8) is 0 Å². The third kappa shape index (κ3) is 1.89. The molecule has 1 heterocycles. The summed E-state index contributed by atoms with van der Waals surface area (Å²) in [5.74, 6) is 0.385. The molecule has 1 spiro atoms. The van der Waals surface area contributed by atoms with Crippen molar-refractivity contribution >= 4 is 5.78 Å². The molecule has 2 heteroatoms. The van der Waals surface area contributed by atoms with Crippen molar-refractivity contribution < 1.29 is 9.53 Å². The molecule has 0 saturated heterocycles. The second-order valence-corrected chi connectivity index (χ2v) is 6.40. The van der Waals surface area contributed by atoms with Crippen LogP contribution in [0.1, 0.15) is 44.2 Å². The van der Waals surface area contributed by atoms with Gasteiger partial charge in [-0.25, -0.2) is 0 Å². The fourth-order valence-electron chi connectivity index (χ4n) is 3.45. The van der Waals surface area contributed by atoms with Gasteiger partial charge in [0.25, 0.3) is 0 Å². The molecule has 1 aromatic rings. The summed E-state index contributed by atoms with van der Waals surface area (Å²) in [6, 6.07) is 8.50. The molecule has 1 aromatic carbocycles. The molecule has 1 aliphatic carbocycles. The number of hydrogen-bond acceptors (Lipinski definition) is 2. The lowest BCUT2D eigenvalue weighted by molar-refractivity contribution is -0.150. The molecule has 3 rings (SSSR count). The van der Waals surface area contributed by atoms with E-state index in [1.807, 2.05) is 0 Å². The molecule has 1 atom stereocenters. The Morgan fingerprint density at radius 1 is 1.17 bits per heavy atom. The van der Waals surface area contributed by atoms with Crippen molar-refractivity contribution in [3.05, 3.63) is 35.4 Å². The number of rotatable bonds is 0. The van der Waals surface area contributed by atoms with Gasteiger partial charge in [0.1, 0.15) is 5.78 Å². The predicted molar refractivity (Wildman–Crippen MR) is 70.3 cm³/mol. The van der Waals surface area contributed by atoms with E-state index in [0.29, 0.717) is 18.8 Å². The Balaban J connectivity index is 1.89. The quantitative estimate of drug-likeness (QED) is 0.700. The highest BCUT2D eigenvalue weighted by Gasteiger charge is 2.46. The third-order valence-electron chi connectivity index (χ3n) is 4.49. The number of carbonyl (C=O) groups is 1. The Morgan fingerprint density at radius 2 is 1.89 bits per heavy atom. The largest absolute Gasteiger partial charge is 0.370 e. The normalized spacial score (nSPS) is 30.2. The highest BCUT2D eigenvalue weighted by Crippen LogP contribution is 2.45. The van der Waals surface area contributed by atoms with Crippen molar-refractivity contribution in [3.8, 4) is 0 Å². The van der Waals surface area contributed by atoms with Gasteiger partial charge in [-0.05, 0) is 24.0 Å². The van der Waals surface area contributed by atoms with Gasteiger partial charge in [0.2, 0.25) is 0 Å². The van der Waals surface area contributed by atoms with Crippen molar-refractivity contribution in [2.24, 2.45) is 5.41 Å². The van der Waals surface area contributed by atoms with Gasteiger partial charge in [-0.2, -0.15) is 0 Å². The summed E-state index contributed by atoms with van der Waals surface area (Å²) in [7, 11) is 0. The molecule has 0 aromatic heterocycles. The first-order chi connectivity index (χ1) is 8.51. The number of ketones is 1. The smallest absolute Gasteiger partial charge is 0.138 e. The highest BCUT2D eigenvalue weighted by molar-refractivity contribution is 5.85. The lowest BCUT2D eigenvalue weighted by Gasteiger charge is -2.46. The number of benzene rings is 1. The maximum atomic E-state index is 11.9. The highest BCUT2D eigenvalue weighted by atomic mass is 16.5. The summed E-state index contributed by atoms with van der Waals surface area (Å²) in [6.45, 7) is 4.81. The lowest BCUT2D eigenvalue weighted by atomic mass is 9.66. The van der Waals surface area contributed by atoms with E-state index >= 15 is 0 Å². The van der Waals surface area contributed by atoms with Crippen LogP contribution in [0.15, 0.2) is 24.3 Å². The summed E-state index contributed by atoms with van der Waals surface area (Å²) in [6.07, 6.45) is 3.35. The second-order valence-electron chi connectivity index (χ2n) is 6.40. The van der Waals surface area contributed by atoms with E-state index in [0.717, 1.165) is 19.3 Å². The molecule has 0 bridgehead atoms. The minimum absolute atomic E-state index is 0.105. The number of carbonyl (C=O) groups excluding carboxylic acids is 1. The fourth-order valence-corrected chi connectivity index (χ4v) is 3.45. The van der Waals surface area contributed by atoms with Gasteiger partial charge in [0.15, 0.2) is 0 Å². The SMILES string of the molecule is CC1(C)CC2(CCC1=O)Cc1ccccc1CO2. The van der Waals surface area contributed by atoms with Gasteiger partial charge < -0.3 is 4.74 Å². The van der Waals surface area contributed by atoms with E-state index in [1.54, 1.807) is 0 Å². The number of Topliss-reactive ketones (excluding diaryl/α,β-unsaturated/α-hetero) is 1. The first kappa shape index (κ1) is 11.9. The maximum Gasteiger partial charge on any atom is 0.138 e. The Bertz CT molecular complexity index is 490. The van der Waals surface area contributed by atoms with Crippen LogP contribution >= 0.6 is 0 Å². The average molecular weight is 244 g/mol. The van der Waals surface area contributed by atoms with Crippen LogP contribution in [0.2, 0.25) is 0 Å². The van der Waals surface area contributed by atoms with Crippen LogP contribution in [0.3, 0.4) is 0 Å². The zero-order chi connectivity index (χ0) is 12.8. The van der Waals surface area contributed by atoms with Crippen LogP contribution in [-0.4, -0.2) is 11.4 Å².